The van der Waals surface area contributed by atoms with Gasteiger partial charge < -0.3 is 11.1 Å². The first kappa shape index (κ1) is 14.1. The number of anilines is 1. The van der Waals surface area contributed by atoms with Gasteiger partial charge in [-0.3, -0.25) is 4.79 Å². The Bertz CT molecular complexity index is 582. The maximum absolute atomic E-state index is 11.7. The van der Waals surface area contributed by atoms with Crippen LogP contribution in [0.5, 0.6) is 0 Å². The second-order valence-corrected chi connectivity index (χ2v) is 6.63. The van der Waals surface area contributed by atoms with Crippen molar-refractivity contribution in [3.8, 4) is 0 Å². The van der Waals surface area contributed by atoms with Crippen molar-refractivity contribution in [2.24, 2.45) is 0 Å². The van der Waals surface area contributed by atoms with Crippen LogP contribution in [0.25, 0.3) is 10.2 Å². The van der Waals surface area contributed by atoms with Crippen molar-refractivity contribution < 1.29 is 4.79 Å². The SMILES string of the molecule is CCC(C)NC(=O)CSc1nc2ccc(N)cc2s1. The lowest BCUT2D eigenvalue weighted by Gasteiger charge is -2.10. The summed E-state index contributed by atoms with van der Waals surface area (Å²) in [6, 6.07) is 5.88. The van der Waals surface area contributed by atoms with E-state index in [1.165, 1.54) is 11.8 Å². The van der Waals surface area contributed by atoms with E-state index in [0.29, 0.717) is 5.75 Å². The number of aromatic nitrogens is 1. The van der Waals surface area contributed by atoms with Gasteiger partial charge in [-0.1, -0.05) is 18.7 Å². The summed E-state index contributed by atoms with van der Waals surface area (Å²) < 4.78 is 1.96. The van der Waals surface area contributed by atoms with Crippen molar-refractivity contribution in [3.63, 3.8) is 0 Å². The van der Waals surface area contributed by atoms with Crippen LogP contribution in [0, 0.1) is 0 Å². The molecule has 1 atom stereocenters. The molecule has 1 aromatic heterocycles. The largest absolute Gasteiger partial charge is 0.399 e. The first-order valence-electron chi connectivity index (χ1n) is 6.16. The quantitative estimate of drug-likeness (QED) is 0.657. The molecule has 0 aliphatic carbocycles. The third-order valence-corrected chi connectivity index (χ3v) is 4.90. The lowest BCUT2D eigenvalue weighted by atomic mass is 10.3. The van der Waals surface area contributed by atoms with Crippen molar-refractivity contribution in [2.75, 3.05) is 11.5 Å². The molecule has 1 unspecified atom stereocenters. The summed E-state index contributed by atoms with van der Waals surface area (Å²) in [6.07, 6.45) is 0.941. The summed E-state index contributed by atoms with van der Waals surface area (Å²) in [4.78, 5) is 16.2. The van der Waals surface area contributed by atoms with E-state index < -0.39 is 0 Å². The molecule has 102 valence electrons. The third kappa shape index (κ3) is 3.84. The number of amides is 1. The Morgan fingerprint density at radius 3 is 3.11 bits per heavy atom. The van der Waals surface area contributed by atoms with Gasteiger partial charge in [0.05, 0.1) is 16.0 Å². The van der Waals surface area contributed by atoms with Gasteiger partial charge in [0, 0.05) is 11.7 Å². The normalized spacial score (nSPS) is 12.5. The monoisotopic (exact) mass is 295 g/mol. The number of thioether (sulfide) groups is 1. The smallest absolute Gasteiger partial charge is 0.230 e. The van der Waals surface area contributed by atoms with E-state index in [9.17, 15) is 4.79 Å². The number of nitrogens with zero attached hydrogens (tertiary/aromatic N) is 1. The van der Waals surface area contributed by atoms with Gasteiger partial charge >= 0.3 is 0 Å². The summed E-state index contributed by atoms with van der Waals surface area (Å²) in [7, 11) is 0. The van der Waals surface area contributed by atoms with E-state index in [4.69, 9.17) is 5.73 Å². The fraction of sp³-hybridized carbons (Fsp3) is 0.385. The molecule has 6 heteroatoms. The molecule has 0 saturated heterocycles. The molecule has 0 spiro atoms. The average molecular weight is 295 g/mol. The van der Waals surface area contributed by atoms with Gasteiger partial charge in [-0.05, 0) is 31.5 Å². The first-order chi connectivity index (χ1) is 9.08. The molecule has 0 radical (unpaired) electrons. The van der Waals surface area contributed by atoms with Crippen molar-refractivity contribution >= 4 is 44.9 Å². The Labute approximate surface area is 120 Å². The summed E-state index contributed by atoms with van der Waals surface area (Å²) >= 11 is 3.04. The Hall–Kier alpha value is -1.27. The molecule has 1 amide bonds. The fourth-order valence-corrected chi connectivity index (χ4v) is 3.46. The minimum Gasteiger partial charge on any atom is -0.399 e. The Morgan fingerprint density at radius 1 is 1.58 bits per heavy atom. The van der Waals surface area contributed by atoms with E-state index in [-0.39, 0.29) is 11.9 Å². The predicted octanol–water partition coefficient (Wildman–Crippen LogP) is 2.89. The molecule has 1 aromatic carbocycles. The average Bonchev–Trinajstić information content (AvgIpc) is 2.78. The molecular formula is C13H17N3OS2. The minimum absolute atomic E-state index is 0.0538. The second kappa shape index (κ2) is 6.25. The number of hydrogen-bond acceptors (Lipinski definition) is 5. The molecule has 0 saturated carbocycles. The summed E-state index contributed by atoms with van der Waals surface area (Å²) in [5.74, 6) is 0.456. The maximum Gasteiger partial charge on any atom is 0.230 e. The fourth-order valence-electron chi connectivity index (χ4n) is 1.53. The third-order valence-electron chi connectivity index (χ3n) is 2.74. The van der Waals surface area contributed by atoms with E-state index in [1.807, 2.05) is 25.1 Å². The molecule has 2 aromatic rings. The molecule has 19 heavy (non-hydrogen) atoms. The van der Waals surface area contributed by atoms with Crippen LogP contribution < -0.4 is 11.1 Å². The Balaban J connectivity index is 1.96. The van der Waals surface area contributed by atoms with Crippen LogP contribution in [0.4, 0.5) is 5.69 Å². The van der Waals surface area contributed by atoms with Crippen LogP contribution in [0.15, 0.2) is 22.5 Å². The highest BCUT2D eigenvalue weighted by molar-refractivity contribution is 8.01. The van der Waals surface area contributed by atoms with E-state index in [1.54, 1.807) is 11.3 Å². The van der Waals surface area contributed by atoms with Gasteiger partial charge in [-0.15, -0.1) is 11.3 Å². The molecule has 0 fully saturated rings. The van der Waals surface area contributed by atoms with Crippen LogP contribution in [0.3, 0.4) is 0 Å². The van der Waals surface area contributed by atoms with Gasteiger partial charge in [0.25, 0.3) is 0 Å². The van der Waals surface area contributed by atoms with Gasteiger partial charge in [-0.25, -0.2) is 4.98 Å². The van der Waals surface area contributed by atoms with Crippen molar-refractivity contribution in [1.29, 1.82) is 0 Å². The summed E-state index contributed by atoms with van der Waals surface area (Å²) in [5.41, 5.74) is 7.41. The first-order valence-corrected chi connectivity index (χ1v) is 7.97. The van der Waals surface area contributed by atoms with E-state index in [0.717, 1.165) is 26.7 Å². The van der Waals surface area contributed by atoms with Gasteiger partial charge in [0.2, 0.25) is 5.91 Å². The van der Waals surface area contributed by atoms with Crippen LogP contribution in [0.2, 0.25) is 0 Å². The maximum atomic E-state index is 11.7. The summed E-state index contributed by atoms with van der Waals surface area (Å²) in [6.45, 7) is 4.05. The molecular weight excluding hydrogens is 278 g/mol. The molecule has 2 rings (SSSR count). The number of fused-ring (bicyclic) bond motifs is 1. The highest BCUT2D eigenvalue weighted by Gasteiger charge is 2.09. The minimum atomic E-state index is 0.0538. The molecule has 0 aliphatic heterocycles. The van der Waals surface area contributed by atoms with E-state index >= 15 is 0 Å². The number of benzene rings is 1. The topological polar surface area (TPSA) is 68.0 Å². The number of carbonyl (C=O) groups excluding carboxylic acids is 1. The zero-order valence-electron chi connectivity index (χ0n) is 11.0. The van der Waals surface area contributed by atoms with E-state index in [2.05, 4.69) is 17.2 Å². The van der Waals surface area contributed by atoms with Crippen molar-refractivity contribution in [3.05, 3.63) is 18.2 Å². The second-order valence-electron chi connectivity index (χ2n) is 4.37. The van der Waals surface area contributed by atoms with Crippen LogP contribution >= 0.6 is 23.1 Å². The molecule has 0 aliphatic rings. The Morgan fingerprint density at radius 2 is 2.37 bits per heavy atom. The predicted molar refractivity (Wildman–Crippen MR) is 82.7 cm³/mol. The number of hydrogen-bond donors (Lipinski definition) is 2. The lowest BCUT2D eigenvalue weighted by molar-refractivity contribution is -0.119. The Kier molecular flexibility index (Phi) is 4.66. The number of nitrogen functional groups attached to an aromatic ring is 1. The van der Waals surface area contributed by atoms with Crippen molar-refractivity contribution in [2.45, 2.75) is 30.6 Å². The van der Waals surface area contributed by atoms with Gasteiger partial charge in [-0.2, -0.15) is 0 Å². The van der Waals surface area contributed by atoms with Crippen LogP contribution in [0.1, 0.15) is 20.3 Å². The zero-order chi connectivity index (χ0) is 13.8. The van der Waals surface area contributed by atoms with Gasteiger partial charge in [0.15, 0.2) is 4.34 Å². The standard InChI is InChI=1S/C13H17N3OS2/c1-3-8(2)15-12(17)7-18-13-16-10-5-4-9(14)6-11(10)19-13/h4-6,8H,3,7,14H2,1-2H3,(H,15,17). The molecule has 1 heterocycles. The number of rotatable bonds is 5. The number of nitrogens with one attached hydrogen (secondary N) is 1. The summed E-state index contributed by atoms with van der Waals surface area (Å²) in [5, 5.41) is 2.94. The number of carbonyl (C=O) groups is 1. The lowest BCUT2D eigenvalue weighted by Crippen LogP contribution is -2.33. The number of thiazole rings is 1. The highest BCUT2D eigenvalue weighted by Crippen LogP contribution is 2.30. The van der Waals surface area contributed by atoms with Gasteiger partial charge in [0.1, 0.15) is 0 Å². The highest BCUT2D eigenvalue weighted by atomic mass is 32.2. The zero-order valence-corrected chi connectivity index (χ0v) is 12.6. The molecule has 4 nitrogen and oxygen atoms in total. The van der Waals surface area contributed by atoms with Crippen LogP contribution in [-0.4, -0.2) is 22.7 Å². The van der Waals surface area contributed by atoms with Crippen LogP contribution in [-0.2, 0) is 4.79 Å². The molecule has 0 bridgehead atoms. The number of nitrogens with two attached hydrogens (primary N) is 1. The van der Waals surface area contributed by atoms with Crippen molar-refractivity contribution in [1.82, 2.24) is 10.3 Å². The molecule has 3 N–H and O–H groups in total.